The van der Waals surface area contributed by atoms with E-state index in [1.54, 1.807) is 25.1 Å². The maximum Gasteiger partial charge on any atom is 0.323 e. The van der Waals surface area contributed by atoms with Gasteiger partial charge in [-0.15, -0.1) is 0 Å². The molecule has 0 saturated carbocycles. The van der Waals surface area contributed by atoms with Crippen molar-refractivity contribution < 1.29 is 9.59 Å². The second-order valence-corrected chi connectivity index (χ2v) is 8.83. The van der Waals surface area contributed by atoms with Gasteiger partial charge >= 0.3 is 5.69 Å². The molecule has 0 unspecified atom stereocenters. The van der Waals surface area contributed by atoms with Gasteiger partial charge in [-0.3, -0.25) is 14.5 Å². The van der Waals surface area contributed by atoms with E-state index in [1.165, 1.54) is 5.56 Å². The minimum absolute atomic E-state index is 0.0848. The van der Waals surface area contributed by atoms with Crippen molar-refractivity contribution in [2.45, 2.75) is 25.3 Å². The number of carbonyl (C=O) groups is 2. The van der Waals surface area contributed by atoms with E-state index in [4.69, 9.17) is 0 Å². The lowest BCUT2D eigenvalue weighted by Gasteiger charge is -2.38. The highest BCUT2D eigenvalue weighted by atomic mass is 16.2. The van der Waals surface area contributed by atoms with Gasteiger partial charge in [0.05, 0.1) is 17.6 Å². The van der Waals surface area contributed by atoms with Gasteiger partial charge in [0.1, 0.15) is 0 Å². The molecule has 0 radical (unpaired) electrons. The number of anilines is 1. The predicted octanol–water partition coefficient (Wildman–Crippen LogP) is 2.13. The number of aromatic amines is 2. The molecule has 3 heterocycles. The van der Waals surface area contributed by atoms with Crippen molar-refractivity contribution in [3.05, 3.63) is 64.6 Å². The van der Waals surface area contributed by atoms with Crippen LogP contribution < -0.4 is 11.0 Å². The molecule has 166 valence electrons. The fourth-order valence-electron chi connectivity index (χ4n) is 5.38. The van der Waals surface area contributed by atoms with Gasteiger partial charge in [0, 0.05) is 50.1 Å². The van der Waals surface area contributed by atoms with Crippen LogP contribution in [0.25, 0.3) is 11.0 Å². The summed E-state index contributed by atoms with van der Waals surface area (Å²) in [5, 5.41) is 2.94. The van der Waals surface area contributed by atoms with Crippen LogP contribution in [0.2, 0.25) is 0 Å². The third kappa shape index (κ3) is 3.93. The molecule has 1 aromatic heterocycles. The van der Waals surface area contributed by atoms with Crippen molar-refractivity contribution in [2.24, 2.45) is 5.92 Å². The number of nitrogens with one attached hydrogen (secondary N) is 3. The summed E-state index contributed by atoms with van der Waals surface area (Å²) < 4.78 is 0. The summed E-state index contributed by atoms with van der Waals surface area (Å²) in [6, 6.07) is 15.9. The van der Waals surface area contributed by atoms with Crippen LogP contribution in [0.3, 0.4) is 0 Å². The summed E-state index contributed by atoms with van der Waals surface area (Å²) in [6.45, 7) is 4.25. The second-order valence-electron chi connectivity index (χ2n) is 8.83. The Hall–Kier alpha value is -3.39. The topological polar surface area (TPSA) is 101 Å². The molecule has 3 N–H and O–H groups in total. The van der Waals surface area contributed by atoms with Crippen LogP contribution in [0.5, 0.6) is 0 Å². The van der Waals surface area contributed by atoms with E-state index >= 15 is 0 Å². The Kier molecular flexibility index (Phi) is 5.30. The van der Waals surface area contributed by atoms with Crippen LogP contribution in [0.1, 0.15) is 24.8 Å². The first-order valence-corrected chi connectivity index (χ1v) is 11.0. The maximum atomic E-state index is 12.7. The summed E-state index contributed by atoms with van der Waals surface area (Å²) in [6.07, 6.45) is 0.872. The Morgan fingerprint density at radius 1 is 1.06 bits per heavy atom. The van der Waals surface area contributed by atoms with Gasteiger partial charge < -0.3 is 20.2 Å². The zero-order chi connectivity index (χ0) is 22.2. The van der Waals surface area contributed by atoms with E-state index in [-0.39, 0.29) is 29.5 Å². The van der Waals surface area contributed by atoms with Crippen molar-refractivity contribution in [2.75, 3.05) is 31.5 Å². The normalized spacial score (nSPS) is 23.3. The van der Waals surface area contributed by atoms with Crippen LogP contribution in [0, 0.1) is 5.92 Å². The highest BCUT2D eigenvalue weighted by Gasteiger charge is 2.46. The van der Waals surface area contributed by atoms with Crippen molar-refractivity contribution in [3.8, 4) is 0 Å². The first-order chi connectivity index (χ1) is 15.5. The highest BCUT2D eigenvalue weighted by molar-refractivity contribution is 5.94. The average Bonchev–Trinajstić information content (AvgIpc) is 3.33. The summed E-state index contributed by atoms with van der Waals surface area (Å²) in [5.41, 5.74) is 3.01. The van der Waals surface area contributed by atoms with Gasteiger partial charge in [0.25, 0.3) is 0 Å². The largest absolute Gasteiger partial charge is 0.339 e. The van der Waals surface area contributed by atoms with Crippen LogP contribution in [-0.4, -0.2) is 63.8 Å². The van der Waals surface area contributed by atoms with Crippen LogP contribution in [0.4, 0.5) is 5.69 Å². The maximum absolute atomic E-state index is 12.7. The number of amides is 2. The molecule has 2 fully saturated rings. The number of nitrogens with zero attached hydrogens (tertiary/aromatic N) is 2. The minimum atomic E-state index is -0.268. The van der Waals surface area contributed by atoms with Crippen LogP contribution in [0.15, 0.2) is 53.3 Å². The molecule has 0 aliphatic carbocycles. The van der Waals surface area contributed by atoms with Crippen LogP contribution >= 0.6 is 0 Å². The molecule has 2 saturated heterocycles. The second kappa shape index (κ2) is 8.27. The molecule has 0 bridgehead atoms. The van der Waals surface area contributed by atoms with Gasteiger partial charge in [-0.05, 0) is 30.2 Å². The van der Waals surface area contributed by atoms with Gasteiger partial charge in [-0.1, -0.05) is 30.3 Å². The van der Waals surface area contributed by atoms with E-state index < -0.39 is 0 Å². The Balaban J connectivity index is 1.27. The lowest BCUT2D eigenvalue weighted by molar-refractivity contribution is -0.131. The Bertz CT molecular complexity index is 1200. The Morgan fingerprint density at radius 2 is 1.84 bits per heavy atom. The number of aromatic nitrogens is 2. The lowest BCUT2D eigenvalue weighted by Crippen LogP contribution is -2.49. The number of hydrogen-bond donors (Lipinski definition) is 3. The first-order valence-electron chi connectivity index (χ1n) is 11.0. The number of carbonyl (C=O) groups excluding carboxylic acids is 2. The molecule has 2 amide bonds. The molecular formula is C24H27N5O3. The quantitative estimate of drug-likeness (QED) is 0.587. The zero-order valence-corrected chi connectivity index (χ0v) is 18.0. The number of likely N-dealkylation sites (tertiary alicyclic amines) is 2. The van der Waals surface area contributed by atoms with Crippen molar-refractivity contribution in [1.29, 1.82) is 0 Å². The van der Waals surface area contributed by atoms with E-state index in [1.807, 2.05) is 23.1 Å². The van der Waals surface area contributed by atoms with Gasteiger partial charge in [-0.2, -0.15) is 0 Å². The van der Waals surface area contributed by atoms with E-state index in [9.17, 15) is 14.4 Å². The highest BCUT2D eigenvalue weighted by Crippen LogP contribution is 2.41. The van der Waals surface area contributed by atoms with Crippen molar-refractivity contribution in [1.82, 2.24) is 19.8 Å². The number of benzene rings is 2. The molecule has 8 heteroatoms. The van der Waals surface area contributed by atoms with Crippen molar-refractivity contribution in [3.63, 3.8) is 0 Å². The number of fused-ring (bicyclic) bond motifs is 2. The molecule has 5 rings (SSSR count). The molecule has 3 aromatic rings. The molecule has 3 atom stereocenters. The van der Waals surface area contributed by atoms with Crippen LogP contribution in [-0.2, 0) is 9.59 Å². The standard InChI is InChI=1S/C24H27N5O3/c1-15(30)29-13-18(16-5-3-2-4-6-16)19-12-28(10-9-22(19)29)14-23(31)25-17-7-8-20-21(11-17)27-24(32)26-20/h2-8,11,18-19,22H,9-10,12-14H2,1H3,(H,25,31)(H2,26,27,32)/t18-,19-,22-/m1/s1. The summed E-state index contributed by atoms with van der Waals surface area (Å²) in [4.78, 5) is 46.1. The number of piperidine rings is 1. The minimum Gasteiger partial charge on any atom is -0.339 e. The summed E-state index contributed by atoms with van der Waals surface area (Å²) in [5.74, 6) is 0.633. The third-order valence-corrected chi connectivity index (χ3v) is 6.81. The molecular weight excluding hydrogens is 406 g/mol. The molecule has 2 aliphatic rings. The molecule has 8 nitrogen and oxygen atoms in total. The first kappa shape index (κ1) is 20.5. The van der Waals surface area contributed by atoms with E-state index in [0.29, 0.717) is 29.2 Å². The average molecular weight is 434 g/mol. The smallest absolute Gasteiger partial charge is 0.323 e. The predicted molar refractivity (Wildman–Crippen MR) is 122 cm³/mol. The van der Waals surface area contributed by atoms with Gasteiger partial charge in [0.2, 0.25) is 11.8 Å². The van der Waals surface area contributed by atoms with Crippen molar-refractivity contribution >= 4 is 28.5 Å². The Labute approximate surface area is 185 Å². The number of H-pyrrole nitrogens is 2. The van der Waals surface area contributed by atoms with Gasteiger partial charge in [0.15, 0.2) is 0 Å². The SMILES string of the molecule is CC(=O)N1C[C@H](c2ccccc2)[C@H]2CN(CC(=O)Nc3ccc4[nH]c(=O)[nH]c4c3)CC[C@H]21. The monoisotopic (exact) mass is 433 g/mol. The lowest BCUT2D eigenvalue weighted by atomic mass is 9.82. The fourth-order valence-corrected chi connectivity index (χ4v) is 5.38. The van der Waals surface area contributed by atoms with E-state index in [2.05, 4.69) is 32.3 Å². The number of imidazole rings is 1. The summed E-state index contributed by atoms with van der Waals surface area (Å²) in [7, 11) is 0. The molecule has 32 heavy (non-hydrogen) atoms. The van der Waals surface area contributed by atoms with Gasteiger partial charge in [-0.25, -0.2) is 4.79 Å². The number of hydrogen-bond acceptors (Lipinski definition) is 4. The molecule has 2 aromatic carbocycles. The zero-order valence-electron chi connectivity index (χ0n) is 18.0. The summed E-state index contributed by atoms with van der Waals surface area (Å²) >= 11 is 0. The van der Waals surface area contributed by atoms with E-state index in [0.717, 1.165) is 26.1 Å². The third-order valence-electron chi connectivity index (χ3n) is 6.81. The Morgan fingerprint density at radius 3 is 2.62 bits per heavy atom. The number of rotatable bonds is 4. The fraction of sp³-hybridized carbons (Fsp3) is 0.375. The molecule has 2 aliphatic heterocycles. The molecule has 0 spiro atoms.